The van der Waals surface area contributed by atoms with Crippen molar-refractivity contribution in [3.05, 3.63) is 231 Å². The molecule has 0 aliphatic rings. The van der Waals surface area contributed by atoms with E-state index in [1.165, 1.54) is 54.5 Å². The minimum atomic E-state index is 0.998. The van der Waals surface area contributed by atoms with Crippen molar-refractivity contribution in [1.29, 1.82) is 0 Å². The smallest absolute Gasteiger partial charge is 0.0546 e. The first-order valence-corrected chi connectivity index (χ1v) is 19.8. The fraction of sp³-hybridized carbons (Fsp3) is 0. The van der Waals surface area contributed by atoms with Crippen molar-refractivity contribution in [3.8, 4) is 39.1 Å². The Labute approximate surface area is 338 Å². The monoisotopic (exact) mass is 736 g/mol. The topological polar surface area (TPSA) is 8.17 Å². The molecule has 0 radical (unpaired) electrons. The number of aromatic nitrogens is 1. The molecule has 58 heavy (non-hydrogen) atoms. The molecule has 270 valence electrons. The average molecular weight is 737 g/mol. The lowest BCUT2D eigenvalue weighted by Crippen LogP contribution is -2.12. The Kier molecular flexibility index (Phi) is 8.09. The first kappa shape index (κ1) is 33.5. The van der Waals surface area contributed by atoms with Crippen molar-refractivity contribution < 1.29 is 0 Å². The first-order chi connectivity index (χ1) is 28.8. The van der Waals surface area contributed by atoms with Gasteiger partial charge >= 0.3 is 0 Å². The second kappa shape index (κ2) is 14.0. The number of nitrogens with zero attached hydrogens (tertiary/aromatic N) is 2. The molecule has 1 aromatic heterocycles. The number of fused-ring (bicyclic) bond motifs is 5. The molecule has 0 unspecified atom stereocenters. The van der Waals surface area contributed by atoms with Crippen LogP contribution in [0, 0.1) is 12.1 Å². The lowest BCUT2D eigenvalue weighted by Gasteiger charge is -2.29. The third-order valence-electron chi connectivity index (χ3n) is 11.4. The van der Waals surface area contributed by atoms with Crippen LogP contribution < -0.4 is 4.90 Å². The molecule has 0 fully saturated rings. The SMILES string of the molecule is c1cccc(-c2ccccc2N(c2ccc(-c3cccc(-n4c5ccccc5c5ccccc54)c3)cc2)c2ccc(-c3cccc4ccccc34)c3ccccc23)c#1. The van der Waals surface area contributed by atoms with Gasteiger partial charge in [0, 0.05) is 38.7 Å². The summed E-state index contributed by atoms with van der Waals surface area (Å²) in [7, 11) is 0. The molecule has 10 aromatic carbocycles. The molecule has 1 heterocycles. The number of hydrogen-bond acceptors (Lipinski definition) is 1. The molecule has 0 N–H and O–H groups in total. The minimum absolute atomic E-state index is 0.998. The second-order valence-corrected chi connectivity index (χ2v) is 14.7. The van der Waals surface area contributed by atoms with Crippen LogP contribution in [0.25, 0.3) is 82.4 Å². The van der Waals surface area contributed by atoms with Gasteiger partial charge in [-0.2, -0.15) is 0 Å². The lowest BCUT2D eigenvalue weighted by atomic mass is 9.92. The molecule has 11 rings (SSSR count). The maximum atomic E-state index is 3.38. The zero-order valence-electron chi connectivity index (χ0n) is 31.7. The molecular formula is C56H36N2. The van der Waals surface area contributed by atoms with E-state index in [0.717, 1.165) is 45.0 Å². The number of rotatable bonds is 7. The molecule has 0 aliphatic carbocycles. The summed E-state index contributed by atoms with van der Waals surface area (Å²) in [5.74, 6) is 0. The predicted octanol–water partition coefficient (Wildman–Crippen LogP) is 15.2. The van der Waals surface area contributed by atoms with Gasteiger partial charge in [0.15, 0.2) is 0 Å². The number of para-hydroxylation sites is 3. The molecule has 0 bridgehead atoms. The maximum Gasteiger partial charge on any atom is 0.0546 e. The Morgan fingerprint density at radius 1 is 0.379 bits per heavy atom. The van der Waals surface area contributed by atoms with Crippen molar-refractivity contribution in [2.75, 3.05) is 4.90 Å². The van der Waals surface area contributed by atoms with Gasteiger partial charge in [-0.3, -0.25) is 0 Å². The fourth-order valence-electron chi connectivity index (χ4n) is 8.82. The fourth-order valence-corrected chi connectivity index (χ4v) is 8.82. The van der Waals surface area contributed by atoms with Crippen LogP contribution in [0.1, 0.15) is 0 Å². The van der Waals surface area contributed by atoms with Gasteiger partial charge in [0.2, 0.25) is 0 Å². The quantitative estimate of drug-likeness (QED) is 0.158. The van der Waals surface area contributed by atoms with Gasteiger partial charge in [0.1, 0.15) is 0 Å². The molecule has 0 saturated carbocycles. The third kappa shape index (κ3) is 5.61. The summed E-state index contributed by atoms with van der Waals surface area (Å²) >= 11 is 0. The summed E-state index contributed by atoms with van der Waals surface area (Å²) in [6.45, 7) is 0. The van der Waals surface area contributed by atoms with E-state index in [1.807, 2.05) is 12.1 Å². The molecule has 0 saturated heterocycles. The Morgan fingerprint density at radius 2 is 1.00 bits per heavy atom. The molecule has 2 heteroatoms. The van der Waals surface area contributed by atoms with Crippen LogP contribution in [0.3, 0.4) is 0 Å². The van der Waals surface area contributed by atoms with Crippen LogP contribution in [0.15, 0.2) is 218 Å². The van der Waals surface area contributed by atoms with Gasteiger partial charge in [0.25, 0.3) is 0 Å². The Hall–Kier alpha value is -7.86. The van der Waals surface area contributed by atoms with Crippen molar-refractivity contribution in [2.24, 2.45) is 0 Å². The summed E-state index contributed by atoms with van der Waals surface area (Å²) in [6.07, 6.45) is 0. The van der Waals surface area contributed by atoms with Gasteiger partial charge < -0.3 is 9.47 Å². The highest BCUT2D eigenvalue weighted by Crippen LogP contribution is 2.46. The highest BCUT2D eigenvalue weighted by molar-refractivity contribution is 6.11. The zero-order valence-corrected chi connectivity index (χ0v) is 31.7. The summed E-state index contributed by atoms with van der Waals surface area (Å²) in [5.41, 5.74) is 13.6. The molecule has 11 aromatic rings. The van der Waals surface area contributed by atoms with Crippen molar-refractivity contribution in [2.45, 2.75) is 0 Å². The van der Waals surface area contributed by atoms with Crippen molar-refractivity contribution in [1.82, 2.24) is 4.57 Å². The van der Waals surface area contributed by atoms with E-state index in [9.17, 15) is 0 Å². The lowest BCUT2D eigenvalue weighted by molar-refractivity contribution is 1.18. The maximum absolute atomic E-state index is 3.38. The predicted molar refractivity (Wildman–Crippen MR) is 244 cm³/mol. The molecule has 2 nitrogen and oxygen atoms in total. The van der Waals surface area contributed by atoms with E-state index in [1.54, 1.807) is 0 Å². The Bertz CT molecular complexity index is 3220. The summed E-state index contributed by atoms with van der Waals surface area (Å²) in [6, 6.07) is 85.2. The second-order valence-electron chi connectivity index (χ2n) is 14.7. The first-order valence-electron chi connectivity index (χ1n) is 19.8. The summed E-state index contributed by atoms with van der Waals surface area (Å²) in [4.78, 5) is 2.41. The average Bonchev–Trinajstić information content (AvgIpc) is 3.64. The highest BCUT2D eigenvalue weighted by atomic mass is 15.1. The van der Waals surface area contributed by atoms with Crippen LogP contribution in [0.5, 0.6) is 0 Å². The van der Waals surface area contributed by atoms with Crippen LogP contribution in [0.2, 0.25) is 0 Å². The Balaban J connectivity index is 1.07. The van der Waals surface area contributed by atoms with Gasteiger partial charge in [0.05, 0.1) is 22.4 Å². The van der Waals surface area contributed by atoms with E-state index in [4.69, 9.17) is 0 Å². The largest absolute Gasteiger partial charge is 0.309 e. The van der Waals surface area contributed by atoms with Crippen molar-refractivity contribution in [3.63, 3.8) is 0 Å². The third-order valence-corrected chi connectivity index (χ3v) is 11.4. The Morgan fingerprint density at radius 3 is 1.78 bits per heavy atom. The molecule has 0 atom stereocenters. The standard InChI is InChI=1S/C56H36N2/c1-2-16-41(17-3-1)46-23-8-11-29-53(46)57(56-37-36-49(48-24-6-7-25-50(48)56)47-28-15-19-40-18-4-5-22-45(40)47)43-34-32-39(33-35-43)42-20-14-21-44(38-42)58-54-30-12-9-26-51(54)52-27-10-13-31-55(52)58/h1-2,4-16,18-38H. The molecule has 0 aliphatic heterocycles. The molecule has 0 spiro atoms. The molecular weight excluding hydrogens is 701 g/mol. The zero-order chi connectivity index (χ0) is 38.4. The minimum Gasteiger partial charge on any atom is -0.309 e. The van der Waals surface area contributed by atoms with Gasteiger partial charge in [-0.15, -0.1) is 0 Å². The summed E-state index contributed by atoms with van der Waals surface area (Å²) < 4.78 is 2.38. The molecule has 0 amide bonds. The van der Waals surface area contributed by atoms with Gasteiger partial charge in [-0.05, 0) is 99.1 Å². The van der Waals surface area contributed by atoms with E-state index in [-0.39, 0.29) is 0 Å². The number of benzene rings is 9. The van der Waals surface area contributed by atoms with E-state index in [0.29, 0.717) is 0 Å². The van der Waals surface area contributed by atoms with Crippen LogP contribution in [-0.4, -0.2) is 4.57 Å². The number of anilines is 3. The van der Waals surface area contributed by atoms with E-state index >= 15 is 0 Å². The van der Waals surface area contributed by atoms with Crippen molar-refractivity contribution >= 4 is 60.4 Å². The van der Waals surface area contributed by atoms with Crippen LogP contribution in [-0.2, 0) is 0 Å². The summed E-state index contributed by atoms with van der Waals surface area (Å²) in [5, 5.41) is 7.39. The van der Waals surface area contributed by atoms with Gasteiger partial charge in [-0.25, -0.2) is 0 Å². The number of hydrogen-bond donors (Lipinski definition) is 0. The van der Waals surface area contributed by atoms with E-state index in [2.05, 4.69) is 228 Å². The van der Waals surface area contributed by atoms with Crippen LogP contribution in [0.4, 0.5) is 17.1 Å². The van der Waals surface area contributed by atoms with Gasteiger partial charge in [-0.1, -0.05) is 170 Å². The van der Waals surface area contributed by atoms with Crippen LogP contribution >= 0.6 is 0 Å². The van der Waals surface area contributed by atoms with E-state index < -0.39 is 0 Å². The highest BCUT2D eigenvalue weighted by Gasteiger charge is 2.21. The normalized spacial score (nSPS) is 11.3.